The minimum Gasteiger partial charge on any atom is -0.508 e. The van der Waals surface area contributed by atoms with E-state index >= 15 is 0 Å². The molecule has 0 aliphatic heterocycles. The third-order valence-corrected chi connectivity index (χ3v) is 5.36. The van der Waals surface area contributed by atoms with E-state index in [0.29, 0.717) is 21.4 Å². The summed E-state index contributed by atoms with van der Waals surface area (Å²) < 4.78 is 0. The molecule has 31 heavy (non-hydrogen) atoms. The van der Waals surface area contributed by atoms with Crippen molar-refractivity contribution in [1.29, 1.82) is 0 Å². The number of aromatic hydroxyl groups is 1. The molecule has 0 saturated heterocycles. The number of phenols is 1. The average Bonchev–Trinajstić information content (AvgIpc) is 3.18. The third kappa shape index (κ3) is 5.15. The molecule has 0 spiro atoms. The van der Waals surface area contributed by atoms with Gasteiger partial charge in [-0.25, -0.2) is 4.98 Å². The zero-order chi connectivity index (χ0) is 21.6. The van der Waals surface area contributed by atoms with Crippen molar-refractivity contribution in [3.63, 3.8) is 0 Å². The highest BCUT2D eigenvalue weighted by Gasteiger charge is 2.16. The molecule has 1 heterocycles. The Morgan fingerprint density at radius 3 is 2.42 bits per heavy atom. The summed E-state index contributed by atoms with van der Waals surface area (Å²) in [6, 6.07) is 23.7. The summed E-state index contributed by atoms with van der Waals surface area (Å²) in [6.45, 7) is 2.02. The van der Waals surface area contributed by atoms with Gasteiger partial charge in [-0.1, -0.05) is 59.4 Å². The second-order valence-electron chi connectivity index (χ2n) is 6.84. The minimum absolute atomic E-state index is 0.197. The first-order valence-electron chi connectivity index (χ1n) is 9.61. The molecule has 0 atom stereocenters. The van der Waals surface area contributed by atoms with Crippen LogP contribution in [-0.2, 0) is 0 Å². The molecule has 3 aromatic carbocycles. The Morgan fingerprint density at radius 2 is 1.71 bits per heavy atom. The second-order valence-corrected chi connectivity index (χ2v) is 7.84. The summed E-state index contributed by atoms with van der Waals surface area (Å²) >= 11 is 1.31. The first kappa shape index (κ1) is 20.3. The largest absolute Gasteiger partial charge is 0.508 e. The molecule has 154 valence electrons. The number of nitrogens with zero attached hydrogens (tertiary/aromatic N) is 2. The van der Waals surface area contributed by atoms with Gasteiger partial charge in [-0.15, -0.1) is 0 Å². The number of thiazole rings is 1. The predicted octanol–water partition coefficient (Wildman–Crippen LogP) is 5.52. The number of amides is 1. The van der Waals surface area contributed by atoms with Gasteiger partial charge in [0.2, 0.25) is 5.13 Å². The van der Waals surface area contributed by atoms with Gasteiger partial charge in [0.25, 0.3) is 5.91 Å². The van der Waals surface area contributed by atoms with Gasteiger partial charge in [-0.3, -0.25) is 10.2 Å². The number of aromatic nitrogens is 1. The highest BCUT2D eigenvalue weighted by atomic mass is 32.1. The zero-order valence-corrected chi connectivity index (χ0v) is 17.6. The first-order chi connectivity index (χ1) is 15.1. The van der Waals surface area contributed by atoms with Gasteiger partial charge in [-0.2, -0.15) is 5.10 Å². The number of aryl methyl sites for hydroxylation is 1. The topological polar surface area (TPSA) is 86.6 Å². The number of anilines is 2. The summed E-state index contributed by atoms with van der Waals surface area (Å²) in [4.78, 5) is 17.3. The molecule has 7 heteroatoms. The van der Waals surface area contributed by atoms with E-state index in [4.69, 9.17) is 0 Å². The monoisotopic (exact) mass is 428 g/mol. The van der Waals surface area contributed by atoms with Gasteiger partial charge in [0, 0.05) is 11.1 Å². The number of hydrogen-bond donors (Lipinski definition) is 3. The Hall–Kier alpha value is -3.97. The van der Waals surface area contributed by atoms with Gasteiger partial charge in [-0.05, 0) is 48.9 Å². The Bertz CT molecular complexity index is 1200. The summed E-state index contributed by atoms with van der Waals surface area (Å²) in [6.07, 6.45) is 1.63. The van der Waals surface area contributed by atoms with Crippen LogP contribution >= 0.6 is 11.3 Å². The van der Waals surface area contributed by atoms with Gasteiger partial charge in [0.1, 0.15) is 16.4 Å². The van der Waals surface area contributed by atoms with Crippen molar-refractivity contribution in [3.05, 3.63) is 95.6 Å². The molecule has 0 radical (unpaired) electrons. The standard InChI is InChI=1S/C24H20N4O2S/c1-16-7-11-18(12-8-16)21-23(27-22(30)19-5-3-2-4-6-19)31-24(26-21)28-25-15-17-9-13-20(29)14-10-17/h2-15,29H,1H3,(H,26,28)(H,27,30)/b25-15-. The van der Waals surface area contributed by atoms with Crippen LogP contribution in [-0.4, -0.2) is 22.2 Å². The molecule has 0 bridgehead atoms. The van der Waals surface area contributed by atoms with Crippen molar-refractivity contribution in [3.8, 4) is 17.0 Å². The van der Waals surface area contributed by atoms with Crippen LogP contribution in [0.2, 0.25) is 0 Å². The smallest absolute Gasteiger partial charge is 0.256 e. The van der Waals surface area contributed by atoms with Crippen LogP contribution in [0.15, 0.2) is 84.0 Å². The maximum absolute atomic E-state index is 12.7. The molecule has 0 fully saturated rings. The Labute approximate surface area is 183 Å². The number of benzene rings is 3. The summed E-state index contributed by atoms with van der Waals surface area (Å²) in [7, 11) is 0. The molecule has 0 unspecified atom stereocenters. The highest BCUT2D eigenvalue weighted by Crippen LogP contribution is 2.36. The lowest BCUT2D eigenvalue weighted by Gasteiger charge is -2.05. The van der Waals surface area contributed by atoms with Gasteiger partial charge in [0.05, 0.1) is 6.21 Å². The molecule has 4 rings (SSSR count). The number of carbonyl (C=O) groups is 1. The SMILES string of the molecule is Cc1ccc(-c2nc(N/N=C\c3ccc(O)cc3)sc2NC(=O)c2ccccc2)cc1. The number of carbonyl (C=O) groups excluding carboxylic acids is 1. The molecule has 0 aliphatic rings. The normalized spacial score (nSPS) is 10.9. The number of nitrogens with one attached hydrogen (secondary N) is 2. The molecular formula is C24H20N4O2S. The third-order valence-electron chi connectivity index (χ3n) is 4.48. The van der Waals surface area contributed by atoms with Gasteiger partial charge < -0.3 is 10.4 Å². The fourth-order valence-electron chi connectivity index (χ4n) is 2.85. The number of rotatable bonds is 6. The van der Waals surface area contributed by atoms with Crippen LogP contribution < -0.4 is 10.7 Å². The number of phenolic OH excluding ortho intramolecular Hbond substituents is 1. The van der Waals surface area contributed by atoms with Crippen molar-refractivity contribution in [2.24, 2.45) is 5.10 Å². The van der Waals surface area contributed by atoms with Gasteiger partial charge >= 0.3 is 0 Å². The average molecular weight is 429 g/mol. The molecule has 0 aliphatic carbocycles. The van der Waals surface area contributed by atoms with E-state index in [1.54, 1.807) is 42.6 Å². The fourth-order valence-corrected chi connectivity index (χ4v) is 3.68. The summed E-state index contributed by atoms with van der Waals surface area (Å²) in [5.74, 6) is 0.00308. The second kappa shape index (κ2) is 9.23. The first-order valence-corrected chi connectivity index (χ1v) is 10.4. The molecule has 0 saturated carbocycles. The molecule has 6 nitrogen and oxygen atoms in total. The van der Waals surface area contributed by atoms with Gasteiger partial charge in [0.15, 0.2) is 0 Å². The van der Waals surface area contributed by atoms with Crippen molar-refractivity contribution >= 4 is 33.6 Å². The fraction of sp³-hybridized carbons (Fsp3) is 0.0417. The van der Waals surface area contributed by atoms with Crippen molar-refractivity contribution in [2.75, 3.05) is 10.7 Å². The summed E-state index contributed by atoms with van der Waals surface area (Å²) in [5, 5.41) is 17.8. The van der Waals surface area contributed by atoms with E-state index in [9.17, 15) is 9.90 Å². The minimum atomic E-state index is -0.197. The van der Waals surface area contributed by atoms with E-state index in [2.05, 4.69) is 20.8 Å². The lowest BCUT2D eigenvalue weighted by molar-refractivity contribution is 0.102. The van der Waals surface area contributed by atoms with Crippen LogP contribution in [0, 0.1) is 6.92 Å². The zero-order valence-electron chi connectivity index (χ0n) is 16.7. The van der Waals surface area contributed by atoms with Crippen LogP contribution in [0.1, 0.15) is 21.5 Å². The molecule has 3 N–H and O–H groups in total. The van der Waals surface area contributed by atoms with E-state index in [-0.39, 0.29) is 11.7 Å². The lowest BCUT2D eigenvalue weighted by Crippen LogP contribution is -2.11. The predicted molar refractivity (Wildman–Crippen MR) is 126 cm³/mol. The van der Waals surface area contributed by atoms with Crippen LogP contribution in [0.5, 0.6) is 5.75 Å². The highest BCUT2D eigenvalue weighted by molar-refractivity contribution is 7.20. The quantitative estimate of drug-likeness (QED) is 0.279. The van der Waals surface area contributed by atoms with E-state index in [0.717, 1.165) is 16.7 Å². The Balaban J connectivity index is 1.59. The maximum Gasteiger partial charge on any atom is 0.256 e. The number of hydrogen-bond acceptors (Lipinski definition) is 6. The van der Waals surface area contributed by atoms with Crippen LogP contribution in [0.4, 0.5) is 10.1 Å². The van der Waals surface area contributed by atoms with E-state index in [1.807, 2.05) is 49.4 Å². The van der Waals surface area contributed by atoms with Crippen LogP contribution in [0.25, 0.3) is 11.3 Å². The molecular weight excluding hydrogens is 408 g/mol. The van der Waals surface area contributed by atoms with E-state index < -0.39 is 0 Å². The Kier molecular flexibility index (Phi) is 6.05. The van der Waals surface area contributed by atoms with Crippen molar-refractivity contribution in [1.82, 2.24) is 4.98 Å². The number of hydrazone groups is 1. The molecule has 4 aromatic rings. The van der Waals surface area contributed by atoms with Crippen molar-refractivity contribution < 1.29 is 9.90 Å². The maximum atomic E-state index is 12.7. The molecule has 1 aromatic heterocycles. The summed E-state index contributed by atoms with van der Waals surface area (Å²) in [5.41, 5.74) is 7.06. The Morgan fingerprint density at radius 1 is 1.00 bits per heavy atom. The lowest BCUT2D eigenvalue weighted by atomic mass is 10.1. The van der Waals surface area contributed by atoms with Crippen LogP contribution in [0.3, 0.4) is 0 Å². The van der Waals surface area contributed by atoms with Crippen molar-refractivity contribution in [2.45, 2.75) is 6.92 Å². The van der Waals surface area contributed by atoms with E-state index in [1.165, 1.54) is 11.3 Å². The molecule has 1 amide bonds.